The van der Waals surface area contributed by atoms with E-state index in [9.17, 15) is 9.59 Å². The third-order valence-corrected chi connectivity index (χ3v) is 5.32. The normalized spacial score (nSPS) is 22.8. The number of thioether (sulfide) groups is 1. The van der Waals surface area contributed by atoms with Gasteiger partial charge in [0.1, 0.15) is 0 Å². The first-order valence-corrected chi connectivity index (χ1v) is 9.22. The molecule has 2 aliphatic rings. The van der Waals surface area contributed by atoms with Crippen molar-refractivity contribution in [3.8, 4) is 0 Å². The molecule has 1 unspecified atom stereocenters. The van der Waals surface area contributed by atoms with Gasteiger partial charge in [-0.2, -0.15) is 11.8 Å². The van der Waals surface area contributed by atoms with Crippen molar-refractivity contribution in [1.82, 2.24) is 15.5 Å². The number of amides is 2. The van der Waals surface area contributed by atoms with Gasteiger partial charge in [-0.05, 0) is 19.3 Å². The van der Waals surface area contributed by atoms with Crippen molar-refractivity contribution in [3.63, 3.8) is 0 Å². The molecule has 2 amide bonds. The molecule has 1 atom stereocenters. The van der Waals surface area contributed by atoms with Gasteiger partial charge in [-0.15, -0.1) is 12.4 Å². The van der Waals surface area contributed by atoms with Gasteiger partial charge in [0.25, 0.3) is 0 Å². The Labute approximate surface area is 143 Å². The fourth-order valence-corrected chi connectivity index (χ4v) is 3.82. The highest BCUT2D eigenvalue weighted by molar-refractivity contribution is 7.99. The molecule has 2 rings (SSSR count). The van der Waals surface area contributed by atoms with Gasteiger partial charge in [-0.1, -0.05) is 6.92 Å². The largest absolute Gasteiger partial charge is 0.356 e. The topological polar surface area (TPSA) is 61.4 Å². The fourth-order valence-electron chi connectivity index (χ4n) is 2.87. The fraction of sp³-hybridized carbons (Fsp3) is 0.867. The number of rotatable bonds is 5. The zero-order valence-corrected chi connectivity index (χ0v) is 14.9. The van der Waals surface area contributed by atoms with E-state index in [0.717, 1.165) is 56.9 Å². The minimum atomic E-state index is 0. The first-order valence-electron chi connectivity index (χ1n) is 8.07. The van der Waals surface area contributed by atoms with Gasteiger partial charge < -0.3 is 15.5 Å². The van der Waals surface area contributed by atoms with Crippen LogP contribution in [-0.2, 0) is 9.59 Å². The molecular formula is C15H28ClN3O2S. The second-order valence-corrected chi connectivity index (χ2v) is 7.03. The zero-order valence-electron chi connectivity index (χ0n) is 13.3. The lowest BCUT2D eigenvalue weighted by Gasteiger charge is -2.33. The molecule has 128 valence electrons. The van der Waals surface area contributed by atoms with Crippen molar-refractivity contribution in [1.29, 1.82) is 0 Å². The third kappa shape index (κ3) is 5.97. The SMILES string of the molecule is CCCNC(=O)C1CCN(C(=O)CC2CSCCN2)CC1.Cl. The van der Waals surface area contributed by atoms with Gasteiger partial charge in [-0.25, -0.2) is 0 Å². The maximum absolute atomic E-state index is 12.3. The molecule has 0 spiro atoms. The highest BCUT2D eigenvalue weighted by atomic mass is 35.5. The van der Waals surface area contributed by atoms with Crippen LogP contribution in [0.15, 0.2) is 0 Å². The highest BCUT2D eigenvalue weighted by Gasteiger charge is 2.28. The molecule has 5 nitrogen and oxygen atoms in total. The molecule has 0 aromatic carbocycles. The van der Waals surface area contributed by atoms with Crippen LogP contribution in [0.1, 0.15) is 32.6 Å². The van der Waals surface area contributed by atoms with Gasteiger partial charge in [0.2, 0.25) is 11.8 Å². The van der Waals surface area contributed by atoms with Crippen LogP contribution in [0.3, 0.4) is 0 Å². The van der Waals surface area contributed by atoms with Gasteiger partial charge in [0.15, 0.2) is 0 Å². The Bertz CT molecular complexity index is 357. The minimum Gasteiger partial charge on any atom is -0.356 e. The van der Waals surface area contributed by atoms with E-state index in [4.69, 9.17) is 0 Å². The Morgan fingerprint density at radius 2 is 2.05 bits per heavy atom. The second-order valence-electron chi connectivity index (χ2n) is 5.88. The van der Waals surface area contributed by atoms with E-state index in [-0.39, 0.29) is 30.1 Å². The van der Waals surface area contributed by atoms with Crippen molar-refractivity contribution in [2.24, 2.45) is 5.92 Å². The molecule has 7 heteroatoms. The second kappa shape index (κ2) is 10.3. The molecule has 0 aliphatic carbocycles. The molecule has 0 bridgehead atoms. The van der Waals surface area contributed by atoms with E-state index < -0.39 is 0 Å². The Morgan fingerprint density at radius 3 is 2.64 bits per heavy atom. The summed E-state index contributed by atoms with van der Waals surface area (Å²) < 4.78 is 0. The zero-order chi connectivity index (χ0) is 15.1. The van der Waals surface area contributed by atoms with E-state index in [1.54, 1.807) is 0 Å². The van der Waals surface area contributed by atoms with Crippen LogP contribution in [-0.4, -0.2) is 60.4 Å². The first-order chi connectivity index (χ1) is 10.2. The molecule has 0 aromatic heterocycles. The molecular weight excluding hydrogens is 322 g/mol. The number of piperidine rings is 1. The van der Waals surface area contributed by atoms with Crippen molar-refractivity contribution in [2.75, 3.05) is 37.7 Å². The Morgan fingerprint density at radius 1 is 1.32 bits per heavy atom. The Hall–Kier alpha value is -0.460. The smallest absolute Gasteiger partial charge is 0.224 e. The summed E-state index contributed by atoms with van der Waals surface area (Å²) in [5.74, 6) is 2.66. The van der Waals surface area contributed by atoms with Crippen LogP contribution in [0.5, 0.6) is 0 Å². The predicted molar refractivity (Wildman–Crippen MR) is 93.6 cm³/mol. The van der Waals surface area contributed by atoms with E-state index >= 15 is 0 Å². The first kappa shape index (κ1) is 19.6. The average molecular weight is 350 g/mol. The molecule has 0 saturated carbocycles. The maximum Gasteiger partial charge on any atom is 0.224 e. The molecule has 0 radical (unpaired) electrons. The molecule has 2 aliphatic heterocycles. The number of nitrogens with zero attached hydrogens (tertiary/aromatic N) is 1. The van der Waals surface area contributed by atoms with Crippen LogP contribution in [0.2, 0.25) is 0 Å². The predicted octanol–water partition coefficient (Wildman–Crippen LogP) is 1.27. The van der Waals surface area contributed by atoms with E-state index in [0.29, 0.717) is 12.5 Å². The van der Waals surface area contributed by atoms with Gasteiger partial charge in [0, 0.05) is 56.1 Å². The van der Waals surface area contributed by atoms with E-state index in [1.807, 2.05) is 16.7 Å². The van der Waals surface area contributed by atoms with Crippen molar-refractivity contribution < 1.29 is 9.59 Å². The van der Waals surface area contributed by atoms with E-state index in [1.165, 1.54) is 0 Å². The van der Waals surface area contributed by atoms with Gasteiger partial charge >= 0.3 is 0 Å². The maximum atomic E-state index is 12.3. The summed E-state index contributed by atoms with van der Waals surface area (Å²) in [5.41, 5.74) is 0. The van der Waals surface area contributed by atoms with Crippen LogP contribution in [0.4, 0.5) is 0 Å². The lowest BCUT2D eigenvalue weighted by atomic mass is 9.95. The van der Waals surface area contributed by atoms with Crippen molar-refractivity contribution in [3.05, 3.63) is 0 Å². The molecule has 0 aromatic rings. The number of halogens is 1. The Kier molecular flexibility index (Phi) is 9.21. The molecule has 22 heavy (non-hydrogen) atoms. The van der Waals surface area contributed by atoms with Gasteiger partial charge in [-0.3, -0.25) is 9.59 Å². The summed E-state index contributed by atoms with van der Waals surface area (Å²) in [4.78, 5) is 26.1. The summed E-state index contributed by atoms with van der Waals surface area (Å²) in [6.07, 6.45) is 3.16. The van der Waals surface area contributed by atoms with E-state index in [2.05, 4.69) is 17.6 Å². The Balaban J connectivity index is 0.00000242. The highest BCUT2D eigenvalue weighted by Crippen LogP contribution is 2.19. The van der Waals surface area contributed by atoms with Crippen LogP contribution >= 0.6 is 24.2 Å². The average Bonchev–Trinajstić information content (AvgIpc) is 2.53. The summed E-state index contributed by atoms with van der Waals surface area (Å²) >= 11 is 1.92. The third-order valence-electron chi connectivity index (χ3n) is 4.19. The molecule has 2 N–H and O–H groups in total. The van der Waals surface area contributed by atoms with Crippen LogP contribution < -0.4 is 10.6 Å². The van der Waals surface area contributed by atoms with Gasteiger partial charge in [0.05, 0.1) is 0 Å². The summed E-state index contributed by atoms with van der Waals surface area (Å²) in [6.45, 7) is 5.26. The number of carbonyl (C=O) groups is 2. The van der Waals surface area contributed by atoms with Crippen molar-refractivity contribution in [2.45, 2.75) is 38.6 Å². The number of likely N-dealkylation sites (tertiary alicyclic amines) is 1. The number of nitrogens with one attached hydrogen (secondary N) is 2. The minimum absolute atomic E-state index is 0. The molecule has 2 heterocycles. The van der Waals surface area contributed by atoms with Crippen molar-refractivity contribution >= 4 is 36.0 Å². The number of hydrogen-bond donors (Lipinski definition) is 2. The number of hydrogen-bond acceptors (Lipinski definition) is 4. The van der Waals surface area contributed by atoms with Crippen LogP contribution in [0, 0.1) is 5.92 Å². The lowest BCUT2D eigenvalue weighted by Crippen LogP contribution is -2.46. The summed E-state index contributed by atoms with van der Waals surface area (Å²) in [6, 6.07) is 0.321. The summed E-state index contributed by atoms with van der Waals surface area (Å²) in [7, 11) is 0. The lowest BCUT2D eigenvalue weighted by molar-refractivity contribution is -0.136. The number of carbonyl (C=O) groups excluding carboxylic acids is 2. The van der Waals surface area contributed by atoms with Crippen LogP contribution in [0.25, 0.3) is 0 Å². The molecule has 2 fully saturated rings. The monoisotopic (exact) mass is 349 g/mol. The quantitative estimate of drug-likeness (QED) is 0.784. The standard InChI is InChI=1S/C15H27N3O2S.ClH/c1-2-5-17-15(20)12-3-7-18(8-4-12)14(19)10-13-11-21-9-6-16-13;/h12-13,16H,2-11H2,1H3,(H,17,20);1H. The summed E-state index contributed by atoms with van der Waals surface area (Å²) in [5, 5.41) is 6.36. The molecule has 2 saturated heterocycles.